The highest BCUT2D eigenvalue weighted by Gasteiger charge is 2.03. The van der Waals surface area contributed by atoms with Crippen LogP contribution in [0, 0.1) is 12.7 Å². The van der Waals surface area contributed by atoms with E-state index in [-0.39, 0.29) is 5.82 Å². The van der Waals surface area contributed by atoms with E-state index in [0.717, 1.165) is 17.0 Å². The molecule has 0 unspecified atom stereocenters. The van der Waals surface area contributed by atoms with Crippen LogP contribution in [0.4, 0.5) is 10.1 Å². The summed E-state index contributed by atoms with van der Waals surface area (Å²) in [6.07, 6.45) is 1.71. The third-order valence-electron chi connectivity index (χ3n) is 2.98. The maximum absolute atomic E-state index is 13.5. The minimum absolute atomic E-state index is 0.203. The number of nitrogens with one attached hydrogen (secondary N) is 1. The van der Waals surface area contributed by atoms with E-state index in [1.165, 1.54) is 6.07 Å². The molecule has 3 heteroatoms. The topological polar surface area (TPSA) is 21.3 Å². The molecule has 0 aliphatic rings. The summed E-state index contributed by atoms with van der Waals surface area (Å²) in [4.78, 5) is 0. The first-order valence-electron chi connectivity index (χ1n) is 6.52. The van der Waals surface area contributed by atoms with Crippen molar-refractivity contribution >= 4 is 5.69 Å². The van der Waals surface area contributed by atoms with Gasteiger partial charge in [0.1, 0.15) is 18.2 Å². The van der Waals surface area contributed by atoms with Crippen LogP contribution in [0.5, 0.6) is 5.75 Å². The lowest BCUT2D eigenvalue weighted by molar-refractivity contribution is 0.359. The fraction of sp³-hybridized carbons (Fsp3) is 0.176. The molecule has 104 valence electrons. The van der Waals surface area contributed by atoms with E-state index in [0.29, 0.717) is 18.7 Å². The van der Waals surface area contributed by atoms with Gasteiger partial charge >= 0.3 is 0 Å². The van der Waals surface area contributed by atoms with Crippen LogP contribution < -0.4 is 10.1 Å². The maximum atomic E-state index is 13.5. The van der Waals surface area contributed by atoms with Crippen LogP contribution in [0.2, 0.25) is 0 Å². The highest BCUT2D eigenvalue weighted by molar-refractivity contribution is 5.47. The summed E-state index contributed by atoms with van der Waals surface area (Å²) in [5.41, 5.74) is 2.42. The molecule has 0 saturated heterocycles. The smallest absolute Gasteiger partial charge is 0.128 e. The Bertz CT molecular complexity index is 595. The summed E-state index contributed by atoms with van der Waals surface area (Å²) >= 11 is 0. The van der Waals surface area contributed by atoms with Crippen molar-refractivity contribution in [2.45, 2.75) is 13.5 Å². The summed E-state index contributed by atoms with van der Waals surface area (Å²) < 4.78 is 19.1. The van der Waals surface area contributed by atoms with Gasteiger partial charge in [0.15, 0.2) is 0 Å². The van der Waals surface area contributed by atoms with Crippen LogP contribution in [0.3, 0.4) is 0 Å². The maximum Gasteiger partial charge on any atom is 0.128 e. The molecule has 0 heterocycles. The summed E-state index contributed by atoms with van der Waals surface area (Å²) in [5, 5.41) is 3.20. The number of hydrogen-bond acceptors (Lipinski definition) is 2. The predicted octanol–water partition coefficient (Wildman–Crippen LogP) is 4.31. The van der Waals surface area contributed by atoms with E-state index >= 15 is 0 Å². The summed E-state index contributed by atoms with van der Waals surface area (Å²) in [6, 6.07) is 12.9. The Morgan fingerprint density at radius 3 is 2.80 bits per heavy atom. The van der Waals surface area contributed by atoms with Crippen molar-refractivity contribution < 1.29 is 9.13 Å². The first-order chi connectivity index (χ1) is 9.70. The van der Waals surface area contributed by atoms with E-state index < -0.39 is 0 Å². The molecule has 0 amide bonds. The molecule has 0 aliphatic heterocycles. The van der Waals surface area contributed by atoms with Crippen LogP contribution in [0.1, 0.15) is 11.1 Å². The standard InChI is InChI=1S/C17H18FNO/c1-3-10-20-17-7-5-4-6-14(17)12-19-15-9-8-13(2)16(18)11-15/h3-9,11,19H,1,10,12H2,2H3. The predicted molar refractivity (Wildman–Crippen MR) is 80.6 cm³/mol. The van der Waals surface area contributed by atoms with E-state index in [9.17, 15) is 4.39 Å². The Morgan fingerprint density at radius 2 is 2.05 bits per heavy atom. The summed E-state index contributed by atoms with van der Waals surface area (Å²) in [5.74, 6) is 0.610. The lowest BCUT2D eigenvalue weighted by Gasteiger charge is -2.12. The first kappa shape index (κ1) is 14.1. The first-order valence-corrected chi connectivity index (χ1v) is 6.52. The molecule has 0 aromatic heterocycles. The number of anilines is 1. The van der Waals surface area contributed by atoms with Crippen molar-refractivity contribution in [3.05, 3.63) is 72.1 Å². The highest BCUT2D eigenvalue weighted by Crippen LogP contribution is 2.20. The van der Waals surface area contributed by atoms with Crippen molar-refractivity contribution in [1.82, 2.24) is 0 Å². The summed E-state index contributed by atoms with van der Waals surface area (Å²) in [7, 11) is 0. The van der Waals surface area contributed by atoms with Crippen molar-refractivity contribution in [2.24, 2.45) is 0 Å². The second kappa shape index (κ2) is 6.75. The lowest BCUT2D eigenvalue weighted by Crippen LogP contribution is -2.03. The minimum Gasteiger partial charge on any atom is -0.489 e. The Hall–Kier alpha value is -2.29. The Balaban J connectivity index is 2.06. The molecular weight excluding hydrogens is 253 g/mol. The molecule has 2 rings (SSSR count). The van der Waals surface area contributed by atoms with Crippen LogP contribution in [0.25, 0.3) is 0 Å². The Morgan fingerprint density at radius 1 is 1.25 bits per heavy atom. The van der Waals surface area contributed by atoms with Gasteiger partial charge in [-0.05, 0) is 30.7 Å². The molecule has 2 aromatic carbocycles. The van der Waals surface area contributed by atoms with E-state index in [4.69, 9.17) is 4.74 Å². The average molecular weight is 271 g/mol. The number of aryl methyl sites for hydroxylation is 1. The molecule has 0 fully saturated rings. The van der Waals surface area contributed by atoms with Crippen molar-refractivity contribution in [2.75, 3.05) is 11.9 Å². The monoisotopic (exact) mass is 271 g/mol. The van der Waals surface area contributed by atoms with Gasteiger partial charge in [-0.25, -0.2) is 4.39 Å². The number of hydrogen-bond donors (Lipinski definition) is 1. The van der Waals surface area contributed by atoms with Crippen molar-refractivity contribution in [3.63, 3.8) is 0 Å². The number of para-hydroxylation sites is 1. The number of benzene rings is 2. The number of rotatable bonds is 6. The zero-order chi connectivity index (χ0) is 14.4. The lowest BCUT2D eigenvalue weighted by atomic mass is 10.2. The fourth-order valence-corrected chi connectivity index (χ4v) is 1.84. The van der Waals surface area contributed by atoms with Crippen molar-refractivity contribution in [3.8, 4) is 5.75 Å². The zero-order valence-corrected chi connectivity index (χ0v) is 11.5. The molecule has 0 saturated carbocycles. The Labute approximate surface area is 118 Å². The molecule has 0 aliphatic carbocycles. The quantitative estimate of drug-likeness (QED) is 0.790. The largest absolute Gasteiger partial charge is 0.489 e. The van der Waals surface area contributed by atoms with Gasteiger partial charge in [0, 0.05) is 17.8 Å². The normalized spacial score (nSPS) is 10.1. The molecule has 0 spiro atoms. The van der Waals surface area contributed by atoms with Gasteiger partial charge in [0.05, 0.1) is 0 Å². The van der Waals surface area contributed by atoms with E-state index in [2.05, 4.69) is 11.9 Å². The van der Waals surface area contributed by atoms with Gasteiger partial charge in [0.25, 0.3) is 0 Å². The van der Waals surface area contributed by atoms with Gasteiger partial charge in [0.2, 0.25) is 0 Å². The SMILES string of the molecule is C=CCOc1ccccc1CNc1ccc(C)c(F)c1. The van der Waals surface area contributed by atoms with Gasteiger partial charge in [-0.2, -0.15) is 0 Å². The molecular formula is C17H18FNO. The number of halogens is 1. The van der Waals surface area contributed by atoms with Crippen LogP contribution in [-0.4, -0.2) is 6.61 Å². The number of ether oxygens (including phenoxy) is 1. The third kappa shape index (κ3) is 3.60. The minimum atomic E-state index is -0.203. The van der Waals surface area contributed by atoms with E-state index in [1.807, 2.05) is 30.3 Å². The molecule has 0 atom stereocenters. The van der Waals surface area contributed by atoms with E-state index in [1.54, 1.807) is 19.1 Å². The third-order valence-corrected chi connectivity index (χ3v) is 2.98. The van der Waals surface area contributed by atoms with Crippen LogP contribution in [-0.2, 0) is 6.54 Å². The molecule has 1 N–H and O–H groups in total. The Kier molecular flexibility index (Phi) is 4.77. The van der Waals surface area contributed by atoms with Gasteiger partial charge in [-0.1, -0.05) is 36.9 Å². The molecule has 2 aromatic rings. The second-order valence-corrected chi connectivity index (χ2v) is 4.52. The highest BCUT2D eigenvalue weighted by atomic mass is 19.1. The second-order valence-electron chi connectivity index (χ2n) is 4.52. The average Bonchev–Trinajstić information content (AvgIpc) is 2.47. The van der Waals surface area contributed by atoms with Crippen LogP contribution >= 0.6 is 0 Å². The fourth-order valence-electron chi connectivity index (χ4n) is 1.84. The molecule has 20 heavy (non-hydrogen) atoms. The summed E-state index contributed by atoms with van der Waals surface area (Å²) in [6.45, 7) is 6.43. The zero-order valence-electron chi connectivity index (χ0n) is 11.5. The van der Waals surface area contributed by atoms with Gasteiger partial charge in [-0.15, -0.1) is 0 Å². The molecule has 0 bridgehead atoms. The van der Waals surface area contributed by atoms with Crippen molar-refractivity contribution in [1.29, 1.82) is 0 Å². The van der Waals surface area contributed by atoms with Gasteiger partial charge < -0.3 is 10.1 Å². The van der Waals surface area contributed by atoms with Gasteiger partial charge in [-0.3, -0.25) is 0 Å². The van der Waals surface area contributed by atoms with Crippen LogP contribution in [0.15, 0.2) is 55.1 Å². The molecule has 2 nitrogen and oxygen atoms in total. The molecule has 0 radical (unpaired) electrons.